The molecular formula is C10H23NO2. The summed E-state index contributed by atoms with van der Waals surface area (Å²) < 4.78 is 0. The van der Waals surface area contributed by atoms with Gasteiger partial charge in [0.05, 0.1) is 12.2 Å². The van der Waals surface area contributed by atoms with Gasteiger partial charge in [-0.15, -0.1) is 0 Å². The van der Waals surface area contributed by atoms with Gasteiger partial charge in [-0.2, -0.15) is 0 Å². The number of hydrogen-bond donors (Lipinski definition) is 3. The number of rotatable bonds is 6. The summed E-state index contributed by atoms with van der Waals surface area (Å²) >= 11 is 0. The van der Waals surface area contributed by atoms with Crippen LogP contribution in [0.5, 0.6) is 0 Å². The highest BCUT2D eigenvalue weighted by Crippen LogP contribution is 2.06. The van der Waals surface area contributed by atoms with Gasteiger partial charge in [0.15, 0.2) is 0 Å². The highest BCUT2D eigenvalue weighted by Gasteiger charge is 2.15. The third-order valence-electron chi connectivity index (χ3n) is 2.14. The minimum atomic E-state index is -0.621. The molecule has 0 aliphatic carbocycles. The fourth-order valence-corrected chi connectivity index (χ4v) is 1.07. The molecule has 0 bridgehead atoms. The van der Waals surface area contributed by atoms with Gasteiger partial charge < -0.3 is 15.5 Å². The van der Waals surface area contributed by atoms with Crippen molar-refractivity contribution in [3.05, 3.63) is 0 Å². The standard InChI is InChI=1S/C10H23NO2/c1-8(2)9(7-12)11-6-5-10(3,4)13/h8-9,11-13H,5-7H2,1-4H3. The molecule has 3 nitrogen and oxygen atoms in total. The first-order valence-corrected chi connectivity index (χ1v) is 4.93. The van der Waals surface area contributed by atoms with Crippen LogP contribution in [0.25, 0.3) is 0 Å². The molecule has 3 N–H and O–H groups in total. The largest absolute Gasteiger partial charge is 0.395 e. The molecule has 0 fully saturated rings. The maximum Gasteiger partial charge on any atom is 0.0603 e. The highest BCUT2D eigenvalue weighted by atomic mass is 16.3. The summed E-state index contributed by atoms with van der Waals surface area (Å²) in [5.41, 5.74) is -0.621. The van der Waals surface area contributed by atoms with E-state index >= 15 is 0 Å². The van der Waals surface area contributed by atoms with Gasteiger partial charge in [0.2, 0.25) is 0 Å². The van der Waals surface area contributed by atoms with Gasteiger partial charge in [-0.25, -0.2) is 0 Å². The van der Waals surface area contributed by atoms with E-state index in [1.807, 2.05) is 0 Å². The maximum absolute atomic E-state index is 9.44. The molecule has 0 saturated heterocycles. The first kappa shape index (κ1) is 12.9. The molecule has 3 heteroatoms. The molecule has 0 spiro atoms. The minimum Gasteiger partial charge on any atom is -0.395 e. The second-order valence-corrected chi connectivity index (χ2v) is 4.55. The van der Waals surface area contributed by atoms with E-state index in [1.165, 1.54) is 0 Å². The van der Waals surface area contributed by atoms with Crippen molar-refractivity contribution < 1.29 is 10.2 Å². The van der Waals surface area contributed by atoms with E-state index in [0.29, 0.717) is 12.3 Å². The smallest absolute Gasteiger partial charge is 0.0603 e. The number of nitrogens with one attached hydrogen (secondary N) is 1. The molecule has 1 unspecified atom stereocenters. The molecule has 0 heterocycles. The summed E-state index contributed by atoms with van der Waals surface area (Å²) in [5, 5.41) is 21.7. The third-order valence-corrected chi connectivity index (χ3v) is 2.14. The van der Waals surface area contributed by atoms with Gasteiger partial charge in [-0.3, -0.25) is 0 Å². The second-order valence-electron chi connectivity index (χ2n) is 4.55. The molecule has 0 aliphatic rings. The van der Waals surface area contributed by atoms with E-state index in [0.717, 1.165) is 6.54 Å². The first-order chi connectivity index (χ1) is 5.87. The summed E-state index contributed by atoms with van der Waals surface area (Å²) in [6, 6.07) is 0.141. The molecule has 0 rings (SSSR count). The molecule has 80 valence electrons. The lowest BCUT2D eigenvalue weighted by Crippen LogP contribution is -2.39. The van der Waals surface area contributed by atoms with Gasteiger partial charge in [0.25, 0.3) is 0 Å². The highest BCUT2D eigenvalue weighted by molar-refractivity contribution is 4.72. The Kier molecular flexibility index (Phi) is 5.53. The van der Waals surface area contributed by atoms with Crippen LogP contribution in [0.15, 0.2) is 0 Å². The molecule has 1 atom stereocenters. The van der Waals surface area contributed by atoms with Gasteiger partial charge in [0, 0.05) is 6.04 Å². The van der Waals surface area contributed by atoms with Crippen molar-refractivity contribution >= 4 is 0 Å². The third kappa shape index (κ3) is 6.99. The summed E-state index contributed by atoms with van der Waals surface area (Å²) in [4.78, 5) is 0. The van der Waals surface area contributed by atoms with Crippen molar-refractivity contribution in [3.63, 3.8) is 0 Å². The molecule has 0 radical (unpaired) electrons. The van der Waals surface area contributed by atoms with Crippen LogP contribution < -0.4 is 5.32 Å². The molecule has 0 saturated carbocycles. The van der Waals surface area contributed by atoms with Crippen molar-refractivity contribution in [2.45, 2.75) is 45.8 Å². The summed E-state index contributed by atoms with van der Waals surface area (Å²) in [5.74, 6) is 0.423. The Hall–Kier alpha value is -0.120. The molecule has 0 aliphatic heterocycles. The SMILES string of the molecule is CC(C)C(CO)NCCC(C)(C)O. The Balaban J connectivity index is 3.62. The van der Waals surface area contributed by atoms with Crippen LogP contribution in [0.4, 0.5) is 0 Å². The van der Waals surface area contributed by atoms with Crippen LogP contribution in [0, 0.1) is 5.92 Å². The monoisotopic (exact) mass is 189 g/mol. The minimum absolute atomic E-state index is 0.141. The Morgan fingerprint density at radius 2 is 1.85 bits per heavy atom. The van der Waals surface area contributed by atoms with E-state index in [4.69, 9.17) is 5.11 Å². The predicted molar refractivity (Wildman–Crippen MR) is 54.6 cm³/mol. The fourth-order valence-electron chi connectivity index (χ4n) is 1.07. The van der Waals surface area contributed by atoms with Crippen LogP contribution in [0.2, 0.25) is 0 Å². The quantitative estimate of drug-likeness (QED) is 0.578. The van der Waals surface area contributed by atoms with E-state index in [9.17, 15) is 5.11 Å². The van der Waals surface area contributed by atoms with Crippen LogP contribution in [-0.4, -0.2) is 35.0 Å². The molecule has 0 aromatic carbocycles. The summed E-state index contributed by atoms with van der Waals surface area (Å²) in [6.07, 6.45) is 0.705. The second kappa shape index (κ2) is 5.58. The number of aliphatic hydroxyl groups excluding tert-OH is 1. The van der Waals surface area contributed by atoms with Crippen LogP contribution in [0.1, 0.15) is 34.1 Å². The van der Waals surface area contributed by atoms with Gasteiger partial charge in [-0.05, 0) is 32.7 Å². The van der Waals surface area contributed by atoms with Crippen molar-refractivity contribution in [1.82, 2.24) is 5.32 Å². The van der Waals surface area contributed by atoms with Crippen LogP contribution in [0.3, 0.4) is 0 Å². The number of aliphatic hydroxyl groups is 2. The zero-order valence-corrected chi connectivity index (χ0v) is 9.17. The average Bonchev–Trinajstić information content (AvgIpc) is 1.95. The summed E-state index contributed by atoms with van der Waals surface area (Å²) in [7, 11) is 0. The van der Waals surface area contributed by atoms with Gasteiger partial charge in [0.1, 0.15) is 0 Å². The Labute approximate surface area is 81.2 Å². The molecular weight excluding hydrogens is 166 g/mol. The van der Waals surface area contributed by atoms with E-state index in [2.05, 4.69) is 19.2 Å². The first-order valence-electron chi connectivity index (χ1n) is 4.93. The van der Waals surface area contributed by atoms with Crippen LogP contribution in [-0.2, 0) is 0 Å². The maximum atomic E-state index is 9.44. The van der Waals surface area contributed by atoms with E-state index in [1.54, 1.807) is 13.8 Å². The van der Waals surface area contributed by atoms with Crippen LogP contribution >= 0.6 is 0 Å². The zero-order valence-electron chi connectivity index (χ0n) is 9.17. The van der Waals surface area contributed by atoms with Crippen molar-refractivity contribution in [2.75, 3.05) is 13.2 Å². The van der Waals surface area contributed by atoms with Gasteiger partial charge in [-0.1, -0.05) is 13.8 Å². The average molecular weight is 189 g/mol. The van der Waals surface area contributed by atoms with E-state index < -0.39 is 5.60 Å². The lowest BCUT2D eigenvalue weighted by molar-refractivity contribution is 0.0683. The van der Waals surface area contributed by atoms with Crippen molar-refractivity contribution in [3.8, 4) is 0 Å². The predicted octanol–water partition coefficient (Wildman–Crippen LogP) is 0.754. The summed E-state index contributed by atoms with van der Waals surface area (Å²) in [6.45, 7) is 8.61. The molecule has 13 heavy (non-hydrogen) atoms. The molecule has 0 amide bonds. The topological polar surface area (TPSA) is 52.5 Å². The van der Waals surface area contributed by atoms with Gasteiger partial charge >= 0.3 is 0 Å². The Morgan fingerprint density at radius 1 is 1.31 bits per heavy atom. The molecule has 0 aromatic heterocycles. The fraction of sp³-hybridized carbons (Fsp3) is 1.00. The Bertz CT molecular complexity index is 129. The molecule has 0 aromatic rings. The zero-order chi connectivity index (χ0) is 10.5. The Morgan fingerprint density at radius 3 is 2.15 bits per heavy atom. The lowest BCUT2D eigenvalue weighted by Gasteiger charge is -2.23. The van der Waals surface area contributed by atoms with Crippen molar-refractivity contribution in [1.29, 1.82) is 0 Å². The normalized spacial score (nSPS) is 15.0. The van der Waals surface area contributed by atoms with E-state index in [-0.39, 0.29) is 12.6 Å². The number of hydrogen-bond acceptors (Lipinski definition) is 3. The van der Waals surface area contributed by atoms with Crippen molar-refractivity contribution in [2.24, 2.45) is 5.92 Å². The lowest BCUT2D eigenvalue weighted by atomic mass is 10.0.